The van der Waals surface area contributed by atoms with Gasteiger partial charge in [-0.1, -0.05) is 29.8 Å². The molecule has 0 bridgehead atoms. The van der Waals surface area contributed by atoms with Crippen LogP contribution in [0.3, 0.4) is 0 Å². The Kier molecular flexibility index (Phi) is 7.14. The summed E-state index contributed by atoms with van der Waals surface area (Å²) >= 11 is 6.03. The van der Waals surface area contributed by atoms with Gasteiger partial charge in [-0.2, -0.15) is 0 Å². The first-order chi connectivity index (χ1) is 14.7. The SMILES string of the molecule is Cc1ccc(NS(=O)(=O)c2ccc(OCC(=O)NCc3ccc(F)cc3)cc2)cc1Cl. The third kappa shape index (κ3) is 6.44. The number of aryl methyl sites for hydroxylation is 1. The number of nitrogens with one attached hydrogen (secondary N) is 2. The molecule has 0 aromatic heterocycles. The summed E-state index contributed by atoms with van der Waals surface area (Å²) in [4.78, 5) is 11.9. The Hall–Kier alpha value is -3.10. The normalized spacial score (nSPS) is 11.1. The highest BCUT2D eigenvalue weighted by molar-refractivity contribution is 7.92. The van der Waals surface area contributed by atoms with Crippen LogP contribution >= 0.6 is 11.6 Å². The molecule has 0 aliphatic heterocycles. The topological polar surface area (TPSA) is 84.5 Å². The van der Waals surface area contributed by atoms with Crippen molar-refractivity contribution < 1.29 is 22.3 Å². The van der Waals surface area contributed by atoms with Gasteiger partial charge in [0.15, 0.2) is 6.61 Å². The molecular weight excluding hydrogens is 443 g/mol. The summed E-state index contributed by atoms with van der Waals surface area (Å²) in [6.07, 6.45) is 0. The van der Waals surface area contributed by atoms with Gasteiger partial charge in [0, 0.05) is 11.6 Å². The van der Waals surface area contributed by atoms with E-state index in [4.69, 9.17) is 16.3 Å². The fraction of sp³-hybridized carbons (Fsp3) is 0.136. The minimum Gasteiger partial charge on any atom is -0.484 e. The third-order valence-corrected chi connectivity index (χ3v) is 6.14. The van der Waals surface area contributed by atoms with Crippen LogP contribution in [0.15, 0.2) is 71.6 Å². The van der Waals surface area contributed by atoms with Gasteiger partial charge in [-0.15, -0.1) is 0 Å². The van der Waals surface area contributed by atoms with Crippen molar-refractivity contribution in [3.05, 3.63) is 88.7 Å². The molecule has 9 heteroatoms. The number of anilines is 1. The molecule has 3 aromatic rings. The van der Waals surface area contributed by atoms with Gasteiger partial charge in [-0.3, -0.25) is 9.52 Å². The first-order valence-corrected chi connectivity index (χ1v) is 11.1. The zero-order valence-corrected chi connectivity index (χ0v) is 18.1. The number of sulfonamides is 1. The van der Waals surface area contributed by atoms with Crippen molar-refractivity contribution >= 4 is 33.2 Å². The third-order valence-electron chi connectivity index (χ3n) is 4.33. The lowest BCUT2D eigenvalue weighted by Crippen LogP contribution is -2.28. The minimum absolute atomic E-state index is 0.0392. The Morgan fingerprint density at radius 3 is 2.35 bits per heavy atom. The highest BCUT2D eigenvalue weighted by Crippen LogP contribution is 2.23. The summed E-state index contributed by atoms with van der Waals surface area (Å²) in [5.74, 6) is -0.366. The van der Waals surface area contributed by atoms with Crippen LogP contribution in [0.5, 0.6) is 5.75 Å². The first-order valence-electron chi connectivity index (χ1n) is 9.26. The zero-order chi connectivity index (χ0) is 22.4. The van der Waals surface area contributed by atoms with E-state index in [1.54, 1.807) is 24.3 Å². The van der Waals surface area contributed by atoms with Crippen molar-refractivity contribution in [2.24, 2.45) is 0 Å². The van der Waals surface area contributed by atoms with Gasteiger partial charge >= 0.3 is 0 Å². The van der Waals surface area contributed by atoms with E-state index in [0.29, 0.717) is 16.5 Å². The first kappa shape index (κ1) is 22.6. The highest BCUT2D eigenvalue weighted by Gasteiger charge is 2.15. The molecule has 0 spiro atoms. The summed E-state index contributed by atoms with van der Waals surface area (Å²) in [5, 5.41) is 3.12. The molecule has 3 aromatic carbocycles. The van der Waals surface area contributed by atoms with Crippen LogP contribution in [-0.2, 0) is 21.4 Å². The molecule has 0 saturated carbocycles. The van der Waals surface area contributed by atoms with E-state index in [0.717, 1.165) is 11.1 Å². The van der Waals surface area contributed by atoms with Gasteiger partial charge in [0.05, 0.1) is 10.6 Å². The molecule has 0 heterocycles. The second-order valence-electron chi connectivity index (χ2n) is 6.73. The molecular formula is C22H20ClFN2O4S. The second kappa shape index (κ2) is 9.80. The average molecular weight is 463 g/mol. The van der Waals surface area contributed by atoms with Crippen LogP contribution in [0.2, 0.25) is 5.02 Å². The van der Waals surface area contributed by atoms with E-state index in [9.17, 15) is 17.6 Å². The highest BCUT2D eigenvalue weighted by atomic mass is 35.5. The fourth-order valence-corrected chi connectivity index (χ4v) is 3.82. The zero-order valence-electron chi connectivity index (χ0n) is 16.6. The van der Waals surface area contributed by atoms with E-state index in [1.807, 2.05) is 6.92 Å². The van der Waals surface area contributed by atoms with Gasteiger partial charge in [-0.25, -0.2) is 12.8 Å². The lowest BCUT2D eigenvalue weighted by molar-refractivity contribution is -0.123. The summed E-state index contributed by atoms with van der Waals surface area (Å²) in [6.45, 7) is 1.82. The molecule has 162 valence electrons. The molecule has 0 aliphatic rings. The number of halogens is 2. The van der Waals surface area contributed by atoms with Gasteiger partial charge < -0.3 is 10.1 Å². The van der Waals surface area contributed by atoms with Crippen LogP contribution < -0.4 is 14.8 Å². The number of amides is 1. The Balaban J connectivity index is 1.53. The van der Waals surface area contributed by atoms with E-state index in [1.165, 1.54) is 42.5 Å². The van der Waals surface area contributed by atoms with E-state index in [-0.39, 0.29) is 29.8 Å². The van der Waals surface area contributed by atoms with Crippen molar-refractivity contribution in [1.82, 2.24) is 5.32 Å². The molecule has 0 unspecified atom stereocenters. The average Bonchev–Trinajstić information content (AvgIpc) is 2.74. The van der Waals surface area contributed by atoms with Crippen LogP contribution in [0, 0.1) is 12.7 Å². The Morgan fingerprint density at radius 2 is 1.71 bits per heavy atom. The number of benzene rings is 3. The van der Waals surface area contributed by atoms with Crippen LogP contribution in [0.25, 0.3) is 0 Å². The van der Waals surface area contributed by atoms with Gasteiger partial charge in [-0.05, 0) is 66.6 Å². The summed E-state index contributed by atoms with van der Waals surface area (Å²) in [7, 11) is -3.80. The molecule has 6 nitrogen and oxygen atoms in total. The van der Waals surface area contributed by atoms with Crippen molar-refractivity contribution in [1.29, 1.82) is 0 Å². The maximum absolute atomic E-state index is 12.9. The number of hydrogen-bond acceptors (Lipinski definition) is 4. The number of hydrogen-bond donors (Lipinski definition) is 2. The van der Waals surface area contributed by atoms with Gasteiger partial charge in [0.25, 0.3) is 15.9 Å². The maximum atomic E-state index is 12.9. The Morgan fingerprint density at radius 1 is 1.03 bits per heavy atom. The molecule has 0 aliphatic carbocycles. The molecule has 3 rings (SSSR count). The van der Waals surface area contributed by atoms with Gasteiger partial charge in [0.2, 0.25) is 0 Å². The predicted octanol–water partition coefficient (Wildman–Crippen LogP) is 4.28. The van der Waals surface area contributed by atoms with Crippen LogP contribution in [0.1, 0.15) is 11.1 Å². The fourth-order valence-electron chi connectivity index (χ4n) is 2.59. The lowest BCUT2D eigenvalue weighted by Gasteiger charge is -2.11. The minimum atomic E-state index is -3.80. The number of rotatable bonds is 8. The second-order valence-corrected chi connectivity index (χ2v) is 8.82. The predicted molar refractivity (Wildman–Crippen MR) is 117 cm³/mol. The Labute approximate surface area is 185 Å². The molecule has 1 amide bonds. The van der Waals surface area contributed by atoms with E-state index in [2.05, 4.69) is 10.0 Å². The van der Waals surface area contributed by atoms with E-state index >= 15 is 0 Å². The van der Waals surface area contributed by atoms with Crippen LogP contribution in [0.4, 0.5) is 10.1 Å². The van der Waals surface area contributed by atoms with Crippen LogP contribution in [-0.4, -0.2) is 20.9 Å². The molecule has 0 saturated heterocycles. The van der Waals surface area contributed by atoms with Crippen molar-refractivity contribution in [2.45, 2.75) is 18.4 Å². The molecule has 0 radical (unpaired) electrons. The molecule has 0 atom stereocenters. The molecule has 0 fully saturated rings. The quantitative estimate of drug-likeness (QED) is 0.523. The summed E-state index contributed by atoms with van der Waals surface area (Å²) < 4.78 is 45.8. The number of carbonyl (C=O) groups is 1. The summed E-state index contributed by atoms with van der Waals surface area (Å²) in [6, 6.07) is 16.4. The molecule has 31 heavy (non-hydrogen) atoms. The Bertz CT molecular complexity index is 1170. The number of ether oxygens (including phenoxy) is 1. The van der Waals surface area contributed by atoms with Crippen molar-refractivity contribution in [3.8, 4) is 5.75 Å². The molecule has 2 N–H and O–H groups in total. The maximum Gasteiger partial charge on any atom is 0.261 e. The van der Waals surface area contributed by atoms with Crippen molar-refractivity contribution in [2.75, 3.05) is 11.3 Å². The summed E-state index contributed by atoms with van der Waals surface area (Å²) in [5.41, 5.74) is 1.95. The lowest BCUT2D eigenvalue weighted by atomic mass is 10.2. The number of carbonyl (C=O) groups excluding carboxylic acids is 1. The standard InChI is InChI=1S/C22H20ClFN2O4S/c1-15-2-7-18(12-21(15)23)26-31(28,29)20-10-8-19(9-11-20)30-14-22(27)25-13-16-3-5-17(24)6-4-16/h2-12,26H,13-14H2,1H3,(H,25,27). The van der Waals surface area contributed by atoms with Crippen molar-refractivity contribution in [3.63, 3.8) is 0 Å². The monoisotopic (exact) mass is 462 g/mol. The van der Waals surface area contributed by atoms with Gasteiger partial charge in [0.1, 0.15) is 11.6 Å². The largest absolute Gasteiger partial charge is 0.484 e. The van der Waals surface area contributed by atoms with E-state index < -0.39 is 10.0 Å². The smallest absolute Gasteiger partial charge is 0.261 e.